The van der Waals surface area contributed by atoms with Crippen LogP contribution >= 0.6 is 0 Å². The molecular formula is C22H23N5O2. The zero-order valence-corrected chi connectivity index (χ0v) is 16.1. The maximum absolute atomic E-state index is 12.6. The van der Waals surface area contributed by atoms with E-state index in [-0.39, 0.29) is 11.8 Å². The van der Waals surface area contributed by atoms with Crippen LogP contribution in [0.5, 0.6) is 0 Å². The van der Waals surface area contributed by atoms with Gasteiger partial charge >= 0.3 is 0 Å². The number of hydrogen-bond acceptors (Lipinski definition) is 6. The fraction of sp³-hybridized carbons (Fsp3) is 0.364. The van der Waals surface area contributed by atoms with Crippen molar-refractivity contribution in [2.45, 2.75) is 18.9 Å². The number of anilines is 1. The van der Waals surface area contributed by atoms with Gasteiger partial charge in [0.15, 0.2) is 0 Å². The van der Waals surface area contributed by atoms with Crippen LogP contribution in [0.1, 0.15) is 12.8 Å². The number of pyridine rings is 1. The topological polar surface area (TPSA) is 80.2 Å². The SMILES string of the molecule is O=C(Nc1cc2cc(-c3cnccn3)ccc2cn1)C1CC(N2CCOCC2)C1. The van der Waals surface area contributed by atoms with E-state index in [4.69, 9.17) is 4.74 Å². The van der Waals surface area contributed by atoms with Crippen molar-refractivity contribution in [1.29, 1.82) is 0 Å². The predicted molar refractivity (Wildman–Crippen MR) is 110 cm³/mol. The summed E-state index contributed by atoms with van der Waals surface area (Å²) in [5.74, 6) is 0.714. The van der Waals surface area contributed by atoms with E-state index in [1.807, 2.05) is 18.2 Å². The van der Waals surface area contributed by atoms with Crippen LogP contribution in [-0.4, -0.2) is 58.1 Å². The van der Waals surface area contributed by atoms with E-state index >= 15 is 0 Å². The van der Waals surface area contributed by atoms with Crippen LogP contribution in [0.3, 0.4) is 0 Å². The Hall–Kier alpha value is -2.90. The van der Waals surface area contributed by atoms with Gasteiger partial charge in [-0.2, -0.15) is 0 Å². The lowest BCUT2D eigenvalue weighted by atomic mass is 9.78. The molecule has 1 aliphatic carbocycles. The Morgan fingerprint density at radius 3 is 2.69 bits per heavy atom. The van der Waals surface area contributed by atoms with E-state index in [2.05, 4.69) is 31.2 Å². The first-order chi connectivity index (χ1) is 14.3. The third-order valence-electron chi connectivity index (χ3n) is 5.88. The molecule has 1 aromatic carbocycles. The van der Waals surface area contributed by atoms with Crippen molar-refractivity contribution in [1.82, 2.24) is 19.9 Å². The van der Waals surface area contributed by atoms with Gasteiger partial charge in [-0.25, -0.2) is 4.98 Å². The highest BCUT2D eigenvalue weighted by Crippen LogP contribution is 2.33. The molecule has 7 nitrogen and oxygen atoms in total. The summed E-state index contributed by atoms with van der Waals surface area (Å²) in [6.45, 7) is 3.54. The van der Waals surface area contributed by atoms with Gasteiger partial charge in [0.1, 0.15) is 5.82 Å². The molecule has 1 N–H and O–H groups in total. The molecule has 1 amide bonds. The molecule has 2 fully saturated rings. The monoisotopic (exact) mass is 389 g/mol. The fourth-order valence-electron chi connectivity index (χ4n) is 4.09. The lowest BCUT2D eigenvalue weighted by Crippen LogP contribution is -2.52. The first kappa shape index (κ1) is 18.1. The maximum atomic E-state index is 12.6. The van der Waals surface area contributed by atoms with Crippen LogP contribution in [0.2, 0.25) is 0 Å². The van der Waals surface area contributed by atoms with Gasteiger partial charge in [-0.05, 0) is 30.4 Å². The summed E-state index contributed by atoms with van der Waals surface area (Å²) in [5, 5.41) is 5.03. The van der Waals surface area contributed by atoms with E-state index in [0.717, 1.165) is 61.2 Å². The summed E-state index contributed by atoms with van der Waals surface area (Å²) in [7, 11) is 0. The van der Waals surface area contributed by atoms with E-state index in [9.17, 15) is 4.79 Å². The number of nitrogens with one attached hydrogen (secondary N) is 1. The average molecular weight is 389 g/mol. The number of rotatable bonds is 4. The van der Waals surface area contributed by atoms with Gasteiger partial charge in [0.05, 0.1) is 25.1 Å². The van der Waals surface area contributed by atoms with Gasteiger partial charge in [0.2, 0.25) is 5.91 Å². The third-order valence-corrected chi connectivity index (χ3v) is 5.88. The van der Waals surface area contributed by atoms with E-state index in [1.165, 1.54) is 0 Å². The normalized spacial score (nSPS) is 22.2. The summed E-state index contributed by atoms with van der Waals surface area (Å²) in [5.41, 5.74) is 1.81. The van der Waals surface area contributed by atoms with Crippen molar-refractivity contribution in [3.63, 3.8) is 0 Å². The molecule has 1 aliphatic heterocycles. The number of nitrogens with zero attached hydrogens (tertiary/aromatic N) is 4. The first-order valence-electron chi connectivity index (χ1n) is 10.0. The van der Waals surface area contributed by atoms with Crippen molar-refractivity contribution < 1.29 is 9.53 Å². The summed E-state index contributed by atoms with van der Waals surface area (Å²) >= 11 is 0. The van der Waals surface area contributed by atoms with E-state index in [1.54, 1.807) is 24.8 Å². The smallest absolute Gasteiger partial charge is 0.228 e. The predicted octanol–water partition coefficient (Wildman–Crippen LogP) is 2.74. The molecule has 0 atom stereocenters. The standard InChI is InChI=1S/C22H23N5O2/c28-22(18-10-19(11-18)27-5-7-29-8-6-27)26-21-12-17-9-15(1-2-16(17)13-25-21)20-14-23-3-4-24-20/h1-4,9,12-14,18-19H,5-8,10-11H2,(H,25,26,28). The number of carbonyl (C=O) groups is 1. The van der Waals surface area contributed by atoms with Crippen LogP contribution in [0, 0.1) is 5.92 Å². The highest BCUT2D eigenvalue weighted by Gasteiger charge is 2.38. The molecule has 0 radical (unpaired) electrons. The second-order valence-electron chi connectivity index (χ2n) is 7.68. The Morgan fingerprint density at radius 2 is 1.90 bits per heavy atom. The summed E-state index contributed by atoms with van der Waals surface area (Å²) in [6, 6.07) is 8.50. The van der Waals surface area contributed by atoms with Crippen LogP contribution in [0.4, 0.5) is 5.82 Å². The van der Waals surface area contributed by atoms with Crippen molar-refractivity contribution in [2.24, 2.45) is 5.92 Å². The highest BCUT2D eigenvalue weighted by atomic mass is 16.5. The molecule has 0 unspecified atom stereocenters. The second-order valence-corrected chi connectivity index (χ2v) is 7.68. The zero-order valence-electron chi connectivity index (χ0n) is 16.1. The lowest BCUT2D eigenvalue weighted by molar-refractivity contribution is -0.125. The first-order valence-corrected chi connectivity index (χ1v) is 10.0. The average Bonchev–Trinajstić information content (AvgIpc) is 2.73. The van der Waals surface area contributed by atoms with Gasteiger partial charge in [-0.15, -0.1) is 0 Å². The molecule has 5 rings (SSSR count). The summed E-state index contributed by atoms with van der Waals surface area (Å²) in [4.78, 5) is 28.0. The minimum absolute atomic E-state index is 0.0614. The Balaban J connectivity index is 1.26. The molecule has 7 heteroatoms. The fourth-order valence-corrected chi connectivity index (χ4v) is 4.09. The zero-order chi connectivity index (χ0) is 19.6. The molecule has 3 heterocycles. The Bertz CT molecular complexity index is 1010. The molecule has 2 aromatic heterocycles. The van der Waals surface area contributed by atoms with E-state index < -0.39 is 0 Å². The summed E-state index contributed by atoms with van der Waals surface area (Å²) in [6.07, 6.45) is 8.70. The molecule has 3 aromatic rings. The minimum atomic E-state index is 0.0614. The van der Waals surface area contributed by atoms with Crippen LogP contribution in [0.15, 0.2) is 49.1 Å². The largest absolute Gasteiger partial charge is 0.379 e. The van der Waals surface area contributed by atoms with Crippen molar-refractivity contribution in [2.75, 3.05) is 31.6 Å². The molecule has 1 saturated carbocycles. The van der Waals surface area contributed by atoms with Gasteiger partial charge in [0.25, 0.3) is 0 Å². The number of morpholine rings is 1. The minimum Gasteiger partial charge on any atom is -0.379 e. The van der Waals surface area contributed by atoms with Crippen molar-refractivity contribution >= 4 is 22.5 Å². The Labute approximate surface area is 169 Å². The number of amides is 1. The number of fused-ring (bicyclic) bond motifs is 1. The quantitative estimate of drug-likeness (QED) is 0.739. The maximum Gasteiger partial charge on any atom is 0.228 e. The number of ether oxygens (including phenoxy) is 1. The van der Waals surface area contributed by atoms with Crippen LogP contribution in [-0.2, 0) is 9.53 Å². The molecule has 0 spiro atoms. The van der Waals surface area contributed by atoms with Gasteiger partial charge in [0, 0.05) is 54.6 Å². The van der Waals surface area contributed by atoms with Crippen LogP contribution < -0.4 is 5.32 Å². The number of hydrogen-bond donors (Lipinski definition) is 1. The third kappa shape index (κ3) is 3.83. The molecule has 0 bridgehead atoms. The van der Waals surface area contributed by atoms with Gasteiger partial charge in [-0.3, -0.25) is 19.7 Å². The van der Waals surface area contributed by atoms with Crippen LogP contribution in [0.25, 0.3) is 22.0 Å². The van der Waals surface area contributed by atoms with Gasteiger partial charge in [-0.1, -0.05) is 12.1 Å². The lowest BCUT2D eigenvalue weighted by Gasteiger charge is -2.43. The molecular weight excluding hydrogens is 366 g/mol. The Kier molecular flexibility index (Phi) is 4.91. The second kappa shape index (κ2) is 7.85. The summed E-state index contributed by atoms with van der Waals surface area (Å²) < 4.78 is 5.41. The van der Waals surface area contributed by atoms with Gasteiger partial charge < -0.3 is 10.1 Å². The van der Waals surface area contributed by atoms with Crippen molar-refractivity contribution in [3.8, 4) is 11.3 Å². The molecule has 148 valence electrons. The highest BCUT2D eigenvalue weighted by molar-refractivity contribution is 5.95. The molecule has 1 saturated heterocycles. The molecule has 2 aliphatic rings. The van der Waals surface area contributed by atoms with E-state index in [0.29, 0.717) is 11.9 Å². The molecule has 29 heavy (non-hydrogen) atoms. The number of carbonyl (C=O) groups excluding carboxylic acids is 1. The number of aromatic nitrogens is 3. The Morgan fingerprint density at radius 1 is 1.03 bits per heavy atom. The van der Waals surface area contributed by atoms with Crippen molar-refractivity contribution in [3.05, 3.63) is 49.1 Å². The number of benzene rings is 1.